The predicted octanol–water partition coefficient (Wildman–Crippen LogP) is 4.22. The van der Waals surface area contributed by atoms with E-state index in [0.29, 0.717) is 32.1 Å². The number of carbonyl (C=O) groups excluding carboxylic acids is 2. The first kappa shape index (κ1) is 28.0. The van der Waals surface area contributed by atoms with Crippen LogP contribution in [0.5, 0.6) is 11.5 Å². The lowest BCUT2D eigenvalue weighted by molar-refractivity contribution is -0.134. The van der Waals surface area contributed by atoms with Crippen LogP contribution in [0, 0.1) is 0 Å². The number of hydrogen-bond donors (Lipinski definition) is 0. The Morgan fingerprint density at radius 3 is 2.40 bits per heavy atom. The molecule has 2 aliphatic heterocycles. The molecular formula is C30H36N4O5S. The maximum atomic E-state index is 13.9. The highest BCUT2D eigenvalue weighted by Gasteiger charge is 2.41. The number of carbonyl (C=O) groups is 2. The maximum Gasteiger partial charge on any atom is 0.242 e. The molecule has 0 spiro atoms. The summed E-state index contributed by atoms with van der Waals surface area (Å²) in [4.78, 5) is 30.8. The monoisotopic (exact) mass is 564 g/mol. The summed E-state index contributed by atoms with van der Waals surface area (Å²) in [7, 11) is 3.28. The van der Waals surface area contributed by atoms with Crippen LogP contribution in [0.3, 0.4) is 0 Å². The number of morpholine rings is 1. The zero-order chi connectivity index (χ0) is 28.4. The Labute approximate surface area is 239 Å². The first-order valence-corrected chi connectivity index (χ1v) is 14.5. The average molecular weight is 565 g/mol. The van der Waals surface area contributed by atoms with Gasteiger partial charge in [-0.2, -0.15) is 5.10 Å². The Kier molecular flexibility index (Phi) is 8.09. The second-order valence-electron chi connectivity index (χ2n) is 10.9. The van der Waals surface area contributed by atoms with E-state index < -0.39 is 0 Å². The van der Waals surface area contributed by atoms with Gasteiger partial charge in [-0.1, -0.05) is 39.0 Å². The molecule has 0 bridgehead atoms. The van der Waals surface area contributed by atoms with Gasteiger partial charge in [-0.3, -0.25) is 14.5 Å². The number of thioether (sulfide) groups is 1. The van der Waals surface area contributed by atoms with Crippen LogP contribution in [0.1, 0.15) is 42.8 Å². The minimum atomic E-state index is -0.351. The number of hydrogen-bond acceptors (Lipinski definition) is 7. The number of benzene rings is 2. The van der Waals surface area contributed by atoms with Crippen LogP contribution in [-0.4, -0.2) is 79.3 Å². The molecule has 9 nitrogen and oxygen atoms in total. The molecule has 0 saturated carbocycles. The second-order valence-corrected chi connectivity index (χ2v) is 11.9. The number of methoxy groups -OCH3 is 2. The van der Waals surface area contributed by atoms with Gasteiger partial charge < -0.3 is 19.1 Å². The third kappa shape index (κ3) is 5.42. The van der Waals surface area contributed by atoms with E-state index >= 15 is 0 Å². The SMILES string of the molecule is COc1ccc(-n2nc(C(C)(C)C)c3c2N(CC(=O)N2CCOCC2)C(=O)CS[C@H]3c2ccccc2OC)cc1. The van der Waals surface area contributed by atoms with Gasteiger partial charge in [-0.15, -0.1) is 11.8 Å². The molecule has 5 rings (SSSR count). The second kappa shape index (κ2) is 11.5. The lowest BCUT2D eigenvalue weighted by Crippen LogP contribution is -2.48. The van der Waals surface area contributed by atoms with Crippen LogP contribution >= 0.6 is 11.8 Å². The number of fused-ring (bicyclic) bond motifs is 1. The van der Waals surface area contributed by atoms with Gasteiger partial charge in [0.15, 0.2) is 0 Å². The lowest BCUT2D eigenvalue weighted by Gasteiger charge is -2.30. The third-order valence-corrected chi connectivity index (χ3v) is 8.43. The number of aromatic nitrogens is 2. The summed E-state index contributed by atoms with van der Waals surface area (Å²) in [6.45, 7) is 8.30. The van der Waals surface area contributed by atoms with Crippen molar-refractivity contribution in [1.82, 2.24) is 14.7 Å². The fourth-order valence-corrected chi connectivity index (χ4v) is 6.38. The molecule has 1 fully saturated rings. The molecule has 1 aromatic heterocycles. The van der Waals surface area contributed by atoms with Crippen molar-refractivity contribution in [3.05, 3.63) is 65.4 Å². The Hall–Kier alpha value is -3.50. The van der Waals surface area contributed by atoms with E-state index in [1.165, 1.54) is 11.8 Å². The van der Waals surface area contributed by atoms with Crippen molar-refractivity contribution in [2.75, 3.05) is 57.7 Å². The Bertz CT molecular complexity index is 1380. The van der Waals surface area contributed by atoms with Crippen LogP contribution in [0.4, 0.5) is 5.82 Å². The number of nitrogens with zero attached hydrogens (tertiary/aromatic N) is 4. The minimum Gasteiger partial charge on any atom is -0.497 e. The molecule has 212 valence electrons. The normalized spacial score (nSPS) is 17.8. The summed E-state index contributed by atoms with van der Waals surface area (Å²) < 4.78 is 18.4. The largest absolute Gasteiger partial charge is 0.497 e. The zero-order valence-electron chi connectivity index (χ0n) is 23.7. The Balaban J connectivity index is 1.74. The summed E-state index contributed by atoms with van der Waals surface area (Å²) in [6, 6.07) is 15.5. The van der Waals surface area contributed by atoms with Crippen molar-refractivity contribution in [1.29, 1.82) is 0 Å². The molecule has 0 radical (unpaired) electrons. The maximum absolute atomic E-state index is 13.9. The van der Waals surface area contributed by atoms with Gasteiger partial charge in [0.25, 0.3) is 0 Å². The van der Waals surface area contributed by atoms with Crippen molar-refractivity contribution >= 4 is 29.4 Å². The van der Waals surface area contributed by atoms with E-state index in [0.717, 1.165) is 34.0 Å². The molecule has 40 heavy (non-hydrogen) atoms. The van der Waals surface area contributed by atoms with E-state index in [1.807, 2.05) is 53.2 Å². The van der Waals surface area contributed by atoms with Crippen LogP contribution in [0.15, 0.2) is 48.5 Å². The highest BCUT2D eigenvalue weighted by Crippen LogP contribution is 2.50. The van der Waals surface area contributed by atoms with Crippen molar-refractivity contribution < 1.29 is 23.8 Å². The molecule has 3 heterocycles. The van der Waals surface area contributed by atoms with Crippen molar-refractivity contribution in [3.63, 3.8) is 0 Å². The van der Waals surface area contributed by atoms with Crippen LogP contribution in [0.25, 0.3) is 5.69 Å². The molecule has 1 saturated heterocycles. The van der Waals surface area contributed by atoms with Crippen molar-refractivity contribution in [3.8, 4) is 17.2 Å². The van der Waals surface area contributed by atoms with Crippen LogP contribution in [-0.2, 0) is 19.7 Å². The standard InChI is InChI=1S/C30H36N4O5S/c1-30(2,3)28-26-27(22-8-6-7-9-23(22)38-5)40-19-25(36)33(18-24(35)32-14-16-39-17-15-32)29(26)34(31-28)20-10-12-21(37-4)13-11-20/h6-13,27H,14-19H2,1-5H3/t27-/m0/s1. The number of para-hydroxylation sites is 1. The predicted molar refractivity (Wildman–Crippen MR) is 156 cm³/mol. The third-order valence-electron chi connectivity index (χ3n) is 7.19. The number of amides is 2. The molecule has 3 aromatic rings. The molecule has 0 aliphatic carbocycles. The summed E-state index contributed by atoms with van der Waals surface area (Å²) in [5.41, 5.74) is 3.16. The average Bonchev–Trinajstić information content (AvgIpc) is 3.31. The molecule has 10 heteroatoms. The highest BCUT2D eigenvalue weighted by atomic mass is 32.2. The van der Waals surface area contributed by atoms with Crippen molar-refractivity contribution in [2.45, 2.75) is 31.4 Å². The number of rotatable bonds is 6. The summed E-state index contributed by atoms with van der Waals surface area (Å²) >= 11 is 1.54. The Morgan fingerprint density at radius 2 is 1.75 bits per heavy atom. The van der Waals surface area contributed by atoms with Crippen LogP contribution in [0.2, 0.25) is 0 Å². The summed E-state index contributed by atoms with van der Waals surface area (Å²) in [6.07, 6.45) is 0. The van der Waals surface area contributed by atoms with E-state index in [1.54, 1.807) is 24.0 Å². The van der Waals surface area contributed by atoms with Crippen LogP contribution < -0.4 is 14.4 Å². The van der Waals surface area contributed by atoms with E-state index in [9.17, 15) is 9.59 Å². The van der Waals surface area contributed by atoms with Gasteiger partial charge in [0, 0.05) is 29.6 Å². The molecule has 0 unspecified atom stereocenters. The molecular weight excluding hydrogens is 528 g/mol. The summed E-state index contributed by atoms with van der Waals surface area (Å²) in [5.74, 6) is 2.04. The number of anilines is 1. The molecule has 2 aliphatic rings. The van der Waals surface area contributed by atoms with Gasteiger partial charge in [-0.25, -0.2) is 4.68 Å². The molecule has 2 amide bonds. The minimum absolute atomic E-state index is 0.0729. The molecule has 2 aromatic carbocycles. The van der Waals surface area contributed by atoms with E-state index in [-0.39, 0.29) is 34.8 Å². The fourth-order valence-electron chi connectivity index (χ4n) is 5.15. The quantitative estimate of drug-likeness (QED) is 0.443. The lowest BCUT2D eigenvalue weighted by atomic mass is 9.87. The highest BCUT2D eigenvalue weighted by molar-refractivity contribution is 8.00. The van der Waals surface area contributed by atoms with E-state index in [2.05, 4.69) is 20.8 Å². The smallest absolute Gasteiger partial charge is 0.242 e. The van der Waals surface area contributed by atoms with E-state index in [4.69, 9.17) is 19.3 Å². The molecule has 1 atom stereocenters. The topological polar surface area (TPSA) is 86.1 Å². The van der Waals surface area contributed by atoms with Gasteiger partial charge in [-0.05, 0) is 30.3 Å². The van der Waals surface area contributed by atoms with Gasteiger partial charge >= 0.3 is 0 Å². The Morgan fingerprint density at radius 1 is 1.05 bits per heavy atom. The van der Waals surface area contributed by atoms with Crippen molar-refractivity contribution in [2.24, 2.45) is 0 Å². The fraction of sp³-hybridized carbons (Fsp3) is 0.433. The zero-order valence-corrected chi connectivity index (χ0v) is 24.5. The molecule has 0 N–H and O–H groups in total. The van der Waals surface area contributed by atoms with Gasteiger partial charge in [0.2, 0.25) is 11.8 Å². The first-order valence-electron chi connectivity index (χ1n) is 13.4. The van der Waals surface area contributed by atoms with Gasteiger partial charge in [0.05, 0.1) is 49.8 Å². The number of ether oxygens (including phenoxy) is 3. The summed E-state index contributed by atoms with van der Waals surface area (Å²) in [5, 5.41) is 4.91. The van der Waals surface area contributed by atoms with Gasteiger partial charge in [0.1, 0.15) is 23.9 Å². The first-order chi connectivity index (χ1) is 19.2.